The third-order valence-corrected chi connectivity index (χ3v) is 4.65. The quantitative estimate of drug-likeness (QED) is 0.914. The van der Waals surface area contributed by atoms with E-state index < -0.39 is 0 Å². The van der Waals surface area contributed by atoms with Crippen molar-refractivity contribution in [1.82, 2.24) is 4.90 Å². The minimum absolute atomic E-state index is 0.00245. The molecule has 1 aliphatic heterocycles. The molecule has 1 aromatic rings. The predicted molar refractivity (Wildman–Crippen MR) is 76.3 cm³/mol. The predicted octanol–water partition coefficient (Wildman–Crippen LogP) is 2.65. The second-order valence-corrected chi connectivity index (χ2v) is 6.17. The molecule has 1 fully saturated rings. The van der Waals surface area contributed by atoms with Crippen molar-refractivity contribution in [3.05, 3.63) is 35.6 Å². The maximum atomic E-state index is 13.4. The lowest BCUT2D eigenvalue weighted by Gasteiger charge is -2.41. The summed E-state index contributed by atoms with van der Waals surface area (Å²) >= 11 is 1.98. The maximum Gasteiger partial charge on any atom is 0.123 e. The van der Waals surface area contributed by atoms with Gasteiger partial charge in [0, 0.05) is 30.1 Å². The van der Waals surface area contributed by atoms with Crippen molar-refractivity contribution in [1.29, 1.82) is 0 Å². The van der Waals surface area contributed by atoms with E-state index in [4.69, 9.17) is 5.73 Å². The molecule has 2 N–H and O–H groups in total. The van der Waals surface area contributed by atoms with Crippen LogP contribution in [0.5, 0.6) is 0 Å². The number of nitrogens with two attached hydrogens (primary N) is 1. The van der Waals surface area contributed by atoms with Crippen molar-refractivity contribution in [2.75, 3.05) is 18.1 Å². The second-order valence-electron chi connectivity index (χ2n) is 5.02. The molecule has 0 aliphatic carbocycles. The Balaban J connectivity index is 2.27. The fourth-order valence-corrected chi connectivity index (χ4v) is 3.68. The third-order valence-electron chi connectivity index (χ3n) is 3.46. The highest BCUT2D eigenvalue weighted by atomic mass is 32.2. The second kappa shape index (κ2) is 6.04. The zero-order valence-corrected chi connectivity index (χ0v) is 11.8. The Labute approximate surface area is 113 Å². The molecular formula is C14H21FN2S. The van der Waals surface area contributed by atoms with Gasteiger partial charge in [0.25, 0.3) is 0 Å². The summed E-state index contributed by atoms with van der Waals surface area (Å²) in [6.45, 7) is 5.25. The number of nitrogens with zero attached hydrogens (tertiary/aromatic N) is 1. The van der Waals surface area contributed by atoms with Gasteiger partial charge >= 0.3 is 0 Å². The van der Waals surface area contributed by atoms with Crippen molar-refractivity contribution in [2.45, 2.75) is 32.0 Å². The highest BCUT2D eigenvalue weighted by molar-refractivity contribution is 7.99. The highest BCUT2D eigenvalue weighted by Crippen LogP contribution is 2.30. The smallest absolute Gasteiger partial charge is 0.123 e. The molecule has 3 unspecified atom stereocenters. The molecule has 1 aliphatic rings. The SMILES string of the molecule is CC(N)C(c1cccc(F)c1)N1CCSCC1C. The fourth-order valence-electron chi connectivity index (χ4n) is 2.64. The van der Waals surface area contributed by atoms with Crippen molar-refractivity contribution in [2.24, 2.45) is 5.73 Å². The highest BCUT2D eigenvalue weighted by Gasteiger charge is 2.30. The van der Waals surface area contributed by atoms with Crippen LogP contribution in [-0.4, -0.2) is 35.0 Å². The van der Waals surface area contributed by atoms with Crippen molar-refractivity contribution in [3.8, 4) is 0 Å². The molecule has 4 heteroatoms. The molecule has 0 saturated carbocycles. The third kappa shape index (κ3) is 3.05. The van der Waals surface area contributed by atoms with Gasteiger partial charge in [-0.05, 0) is 31.5 Å². The van der Waals surface area contributed by atoms with Gasteiger partial charge in [-0.25, -0.2) is 4.39 Å². The number of thioether (sulfide) groups is 1. The molecule has 2 rings (SSSR count). The Hall–Kier alpha value is -0.580. The van der Waals surface area contributed by atoms with E-state index in [1.807, 2.05) is 24.8 Å². The summed E-state index contributed by atoms with van der Waals surface area (Å²) in [6.07, 6.45) is 0. The average Bonchev–Trinajstić information content (AvgIpc) is 2.32. The molecule has 1 saturated heterocycles. The summed E-state index contributed by atoms with van der Waals surface area (Å²) < 4.78 is 13.4. The van der Waals surface area contributed by atoms with Crippen molar-refractivity contribution in [3.63, 3.8) is 0 Å². The lowest BCUT2D eigenvalue weighted by Crippen LogP contribution is -2.48. The van der Waals surface area contributed by atoms with Crippen LogP contribution in [0.3, 0.4) is 0 Å². The summed E-state index contributed by atoms with van der Waals surface area (Å²) in [7, 11) is 0. The van der Waals surface area contributed by atoms with Gasteiger partial charge in [-0.3, -0.25) is 4.90 Å². The van der Waals surface area contributed by atoms with E-state index in [1.165, 1.54) is 6.07 Å². The van der Waals surface area contributed by atoms with E-state index in [1.54, 1.807) is 12.1 Å². The molecule has 1 heterocycles. The van der Waals surface area contributed by atoms with Crippen molar-refractivity contribution < 1.29 is 4.39 Å². The van der Waals surface area contributed by atoms with Gasteiger partial charge in [0.1, 0.15) is 5.82 Å². The van der Waals surface area contributed by atoms with Crippen LogP contribution in [0.25, 0.3) is 0 Å². The average molecular weight is 268 g/mol. The topological polar surface area (TPSA) is 29.3 Å². The lowest BCUT2D eigenvalue weighted by molar-refractivity contribution is 0.143. The molecule has 18 heavy (non-hydrogen) atoms. The zero-order valence-electron chi connectivity index (χ0n) is 11.0. The Morgan fingerprint density at radius 2 is 2.28 bits per heavy atom. The minimum Gasteiger partial charge on any atom is -0.326 e. The van der Waals surface area contributed by atoms with Crippen LogP contribution in [0, 0.1) is 5.82 Å². The largest absolute Gasteiger partial charge is 0.326 e. The van der Waals surface area contributed by atoms with Gasteiger partial charge in [-0.15, -0.1) is 0 Å². The van der Waals surface area contributed by atoms with E-state index in [2.05, 4.69) is 11.8 Å². The maximum absolute atomic E-state index is 13.4. The summed E-state index contributed by atoms with van der Waals surface area (Å²) in [5.41, 5.74) is 7.13. The van der Waals surface area contributed by atoms with Crippen LogP contribution in [-0.2, 0) is 0 Å². The van der Waals surface area contributed by atoms with Crippen LogP contribution in [0.4, 0.5) is 4.39 Å². The first-order valence-electron chi connectivity index (χ1n) is 6.44. The number of rotatable bonds is 3. The van der Waals surface area contributed by atoms with E-state index >= 15 is 0 Å². The number of hydrogen-bond donors (Lipinski definition) is 1. The number of hydrogen-bond acceptors (Lipinski definition) is 3. The normalized spacial score (nSPS) is 24.8. The van der Waals surface area contributed by atoms with Crippen molar-refractivity contribution >= 4 is 11.8 Å². The zero-order chi connectivity index (χ0) is 13.1. The van der Waals surface area contributed by atoms with Crippen LogP contribution in [0.1, 0.15) is 25.5 Å². The molecule has 0 spiro atoms. The molecular weight excluding hydrogens is 247 g/mol. The summed E-state index contributed by atoms with van der Waals surface area (Å²) in [4.78, 5) is 2.41. The molecule has 0 radical (unpaired) electrons. The molecule has 0 amide bonds. The van der Waals surface area contributed by atoms with E-state index in [0.29, 0.717) is 6.04 Å². The van der Waals surface area contributed by atoms with Gasteiger partial charge < -0.3 is 5.73 Å². The van der Waals surface area contributed by atoms with Gasteiger partial charge in [-0.2, -0.15) is 11.8 Å². The minimum atomic E-state index is -0.183. The van der Waals surface area contributed by atoms with Crippen LogP contribution >= 0.6 is 11.8 Å². The van der Waals surface area contributed by atoms with Crippen LogP contribution in [0.2, 0.25) is 0 Å². The number of benzene rings is 1. The van der Waals surface area contributed by atoms with Gasteiger partial charge in [0.15, 0.2) is 0 Å². The fraction of sp³-hybridized carbons (Fsp3) is 0.571. The molecule has 1 aromatic carbocycles. The summed E-state index contributed by atoms with van der Waals surface area (Å²) in [5, 5.41) is 0. The lowest BCUT2D eigenvalue weighted by atomic mass is 9.97. The van der Waals surface area contributed by atoms with Gasteiger partial charge in [0.05, 0.1) is 6.04 Å². The first-order valence-corrected chi connectivity index (χ1v) is 7.59. The Bertz CT molecular complexity index is 397. The van der Waals surface area contributed by atoms with Crippen LogP contribution < -0.4 is 5.73 Å². The molecule has 3 atom stereocenters. The monoisotopic (exact) mass is 268 g/mol. The van der Waals surface area contributed by atoms with E-state index in [-0.39, 0.29) is 17.9 Å². The molecule has 2 nitrogen and oxygen atoms in total. The van der Waals surface area contributed by atoms with E-state index in [0.717, 1.165) is 23.6 Å². The summed E-state index contributed by atoms with van der Waals surface area (Å²) in [6, 6.07) is 7.44. The standard InChI is InChI=1S/C14H21FN2S/c1-10-9-18-7-6-17(10)14(11(2)16)12-4-3-5-13(15)8-12/h3-5,8,10-11,14H,6-7,9,16H2,1-2H3. The van der Waals surface area contributed by atoms with Crippen LogP contribution in [0.15, 0.2) is 24.3 Å². The molecule has 100 valence electrons. The number of halogens is 1. The van der Waals surface area contributed by atoms with Gasteiger partial charge in [0.2, 0.25) is 0 Å². The Morgan fingerprint density at radius 3 is 2.89 bits per heavy atom. The molecule has 0 bridgehead atoms. The molecule has 0 aromatic heterocycles. The Morgan fingerprint density at radius 1 is 1.50 bits per heavy atom. The summed E-state index contributed by atoms with van der Waals surface area (Å²) in [5.74, 6) is 2.07. The van der Waals surface area contributed by atoms with Gasteiger partial charge in [-0.1, -0.05) is 12.1 Å². The first-order chi connectivity index (χ1) is 8.59. The first kappa shape index (κ1) is 13.8. The van der Waals surface area contributed by atoms with E-state index in [9.17, 15) is 4.39 Å². The Kier molecular flexibility index (Phi) is 4.65.